The third-order valence-electron chi connectivity index (χ3n) is 4.68. The van der Waals surface area contributed by atoms with Crippen LogP contribution in [0, 0.1) is 6.92 Å². The quantitative estimate of drug-likeness (QED) is 0.713. The van der Waals surface area contributed by atoms with E-state index in [1.807, 2.05) is 25.9 Å². The van der Waals surface area contributed by atoms with Crippen LogP contribution in [0.5, 0.6) is 0 Å². The fourth-order valence-corrected chi connectivity index (χ4v) is 3.10. The van der Waals surface area contributed by atoms with Gasteiger partial charge in [-0.05, 0) is 70.2 Å². The predicted molar refractivity (Wildman–Crippen MR) is 107 cm³/mol. The molecule has 5 nitrogen and oxygen atoms in total. The fourth-order valence-electron chi connectivity index (χ4n) is 3.10. The minimum absolute atomic E-state index is 0.0743. The normalized spacial score (nSPS) is 11.7. The Morgan fingerprint density at radius 2 is 1.90 bits per heavy atom. The molecule has 1 aromatic heterocycles. The molecule has 0 aliphatic rings. The minimum atomic E-state index is -4.53. The van der Waals surface area contributed by atoms with E-state index in [1.165, 1.54) is 22.8 Å². The van der Waals surface area contributed by atoms with Crippen molar-refractivity contribution >= 4 is 5.91 Å². The number of rotatable bonds is 7. The molecule has 0 radical (unpaired) electrons. The van der Waals surface area contributed by atoms with Crippen molar-refractivity contribution < 1.29 is 18.0 Å². The molecule has 29 heavy (non-hydrogen) atoms. The number of hydrogen-bond donors (Lipinski definition) is 1. The van der Waals surface area contributed by atoms with Crippen LogP contribution in [0.3, 0.4) is 0 Å². The Bertz CT molecular complexity index is 934. The molecule has 0 fully saturated rings. The van der Waals surface area contributed by atoms with Crippen LogP contribution in [-0.4, -0.2) is 42.6 Å². The smallest absolute Gasteiger partial charge is 0.352 e. The summed E-state index contributed by atoms with van der Waals surface area (Å²) in [6, 6.07) is 6.09. The van der Waals surface area contributed by atoms with E-state index in [4.69, 9.17) is 0 Å². The zero-order valence-corrected chi connectivity index (χ0v) is 17.1. The topological polar surface area (TPSA) is 54.3 Å². The average molecular weight is 409 g/mol. The number of aromatic nitrogens is 1. The molecule has 0 spiro atoms. The van der Waals surface area contributed by atoms with Crippen molar-refractivity contribution in [1.29, 1.82) is 0 Å². The van der Waals surface area contributed by atoms with E-state index in [2.05, 4.69) is 5.32 Å². The summed E-state index contributed by atoms with van der Waals surface area (Å²) in [6.07, 6.45) is -3.28. The second-order valence-electron chi connectivity index (χ2n) is 7.12. The van der Waals surface area contributed by atoms with Gasteiger partial charge >= 0.3 is 6.18 Å². The van der Waals surface area contributed by atoms with Gasteiger partial charge in [0.2, 0.25) is 0 Å². The molecule has 0 bridgehead atoms. The van der Waals surface area contributed by atoms with Crippen LogP contribution < -0.4 is 10.9 Å². The highest BCUT2D eigenvalue weighted by Gasteiger charge is 2.31. The SMILES string of the molecule is CCc1cc(C(=O)NCCCN(C)C)c(=O)n(-c2cccc(C(F)(F)F)c2)c1C. The lowest BCUT2D eigenvalue weighted by atomic mass is 10.1. The number of amides is 1. The monoisotopic (exact) mass is 409 g/mol. The number of carbonyl (C=O) groups excluding carboxylic acids is 1. The molecular formula is C21H26F3N3O2. The zero-order valence-electron chi connectivity index (χ0n) is 17.1. The number of nitrogens with one attached hydrogen (secondary N) is 1. The number of benzene rings is 1. The lowest BCUT2D eigenvalue weighted by Gasteiger charge is -2.17. The van der Waals surface area contributed by atoms with Crippen molar-refractivity contribution in [2.24, 2.45) is 0 Å². The van der Waals surface area contributed by atoms with Crippen molar-refractivity contribution in [1.82, 2.24) is 14.8 Å². The third kappa shape index (κ3) is 5.47. The number of halogens is 3. The molecule has 0 unspecified atom stereocenters. The summed E-state index contributed by atoms with van der Waals surface area (Å²) < 4.78 is 40.5. The minimum Gasteiger partial charge on any atom is -0.352 e. The largest absolute Gasteiger partial charge is 0.416 e. The molecule has 0 saturated carbocycles. The Balaban J connectivity index is 2.48. The van der Waals surface area contributed by atoms with Crippen LogP contribution in [0.15, 0.2) is 35.1 Å². The maximum atomic E-state index is 13.1. The highest BCUT2D eigenvalue weighted by Crippen LogP contribution is 2.30. The van der Waals surface area contributed by atoms with Crippen LogP contribution in [0.25, 0.3) is 5.69 Å². The van der Waals surface area contributed by atoms with Crippen molar-refractivity contribution in [2.75, 3.05) is 27.2 Å². The Morgan fingerprint density at radius 1 is 1.21 bits per heavy atom. The maximum Gasteiger partial charge on any atom is 0.416 e. The summed E-state index contributed by atoms with van der Waals surface area (Å²) in [6.45, 7) is 4.71. The molecular weight excluding hydrogens is 383 g/mol. The van der Waals surface area contributed by atoms with Gasteiger partial charge in [-0.15, -0.1) is 0 Å². The molecule has 1 amide bonds. The molecule has 0 aliphatic heterocycles. The lowest BCUT2D eigenvalue weighted by Crippen LogP contribution is -2.35. The summed E-state index contributed by atoms with van der Waals surface area (Å²) in [5.41, 5.74) is -0.238. The van der Waals surface area contributed by atoms with E-state index in [0.29, 0.717) is 25.1 Å². The summed E-state index contributed by atoms with van der Waals surface area (Å²) in [4.78, 5) is 27.6. The van der Waals surface area contributed by atoms with E-state index in [-0.39, 0.29) is 11.3 Å². The first-order chi connectivity index (χ1) is 13.6. The number of aryl methyl sites for hydroxylation is 1. The van der Waals surface area contributed by atoms with Gasteiger partial charge < -0.3 is 10.2 Å². The van der Waals surface area contributed by atoms with Crippen molar-refractivity contribution in [3.05, 3.63) is 63.1 Å². The van der Waals surface area contributed by atoms with Gasteiger partial charge in [0.1, 0.15) is 5.56 Å². The molecule has 0 atom stereocenters. The first-order valence-electron chi connectivity index (χ1n) is 9.42. The van der Waals surface area contributed by atoms with Crippen molar-refractivity contribution in [3.63, 3.8) is 0 Å². The summed E-state index contributed by atoms with van der Waals surface area (Å²) in [5, 5.41) is 2.72. The Hall–Kier alpha value is -2.61. The highest BCUT2D eigenvalue weighted by atomic mass is 19.4. The van der Waals surface area contributed by atoms with Gasteiger partial charge in [0.15, 0.2) is 0 Å². The maximum absolute atomic E-state index is 13.1. The fraction of sp³-hybridized carbons (Fsp3) is 0.429. The van der Waals surface area contributed by atoms with Crippen LogP contribution in [0.2, 0.25) is 0 Å². The molecule has 8 heteroatoms. The van der Waals surface area contributed by atoms with E-state index < -0.39 is 23.2 Å². The molecule has 1 N–H and O–H groups in total. The van der Waals surface area contributed by atoms with Gasteiger partial charge in [-0.3, -0.25) is 14.2 Å². The molecule has 2 aromatic rings. The number of nitrogens with zero attached hydrogens (tertiary/aromatic N) is 2. The van der Waals surface area contributed by atoms with Crippen LogP contribution in [0.1, 0.15) is 40.5 Å². The molecule has 1 heterocycles. The van der Waals surface area contributed by atoms with Gasteiger partial charge in [-0.2, -0.15) is 13.2 Å². The molecule has 1 aromatic carbocycles. The Kier molecular flexibility index (Phi) is 7.24. The molecule has 158 valence electrons. The second-order valence-corrected chi connectivity index (χ2v) is 7.12. The average Bonchev–Trinajstić information content (AvgIpc) is 2.65. The van der Waals surface area contributed by atoms with Crippen molar-refractivity contribution in [3.8, 4) is 5.69 Å². The van der Waals surface area contributed by atoms with Gasteiger partial charge in [-0.25, -0.2) is 0 Å². The Labute approximate surface area is 168 Å². The summed E-state index contributed by atoms with van der Waals surface area (Å²) in [7, 11) is 3.84. The third-order valence-corrected chi connectivity index (χ3v) is 4.68. The second kappa shape index (κ2) is 9.26. The van der Waals surface area contributed by atoms with Gasteiger partial charge in [-0.1, -0.05) is 13.0 Å². The van der Waals surface area contributed by atoms with E-state index in [1.54, 1.807) is 6.92 Å². The van der Waals surface area contributed by atoms with E-state index in [9.17, 15) is 22.8 Å². The first kappa shape index (κ1) is 22.7. The first-order valence-corrected chi connectivity index (χ1v) is 9.42. The lowest BCUT2D eigenvalue weighted by molar-refractivity contribution is -0.137. The van der Waals surface area contributed by atoms with Crippen molar-refractivity contribution in [2.45, 2.75) is 32.9 Å². The molecule has 2 rings (SSSR count). The number of alkyl halides is 3. The molecule has 0 saturated heterocycles. The highest BCUT2D eigenvalue weighted by molar-refractivity contribution is 5.94. The zero-order chi connectivity index (χ0) is 21.8. The van der Waals surface area contributed by atoms with Gasteiger partial charge in [0.05, 0.1) is 5.56 Å². The predicted octanol–water partition coefficient (Wildman–Crippen LogP) is 3.41. The Morgan fingerprint density at radius 3 is 2.48 bits per heavy atom. The standard InChI is InChI=1S/C21H26F3N3O2/c1-5-15-12-18(19(28)25-10-7-11-26(3)4)20(29)27(14(15)2)17-9-6-8-16(13-17)21(22,23)24/h6,8-9,12-13H,5,7,10-11H2,1-4H3,(H,25,28). The van der Waals surface area contributed by atoms with Gasteiger partial charge in [0.25, 0.3) is 11.5 Å². The van der Waals surface area contributed by atoms with E-state index >= 15 is 0 Å². The number of pyridine rings is 1. The van der Waals surface area contributed by atoms with Crippen LogP contribution >= 0.6 is 0 Å². The van der Waals surface area contributed by atoms with Gasteiger partial charge in [0, 0.05) is 17.9 Å². The molecule has 0 aliphatic carbocycles. The van der Waals surface area contributed by atoms with Crippen LogP contribution in [-0.2, 0) is 12.6 Å². The summed E-state index contributed by atoms with van der Waals surface area (Å²) >= 11 is 0. The number of carbonyl (C=O) groups is 1. The number of hydrogen-bond acceptors (Lipinski definition) is 3. The van der Waals surface area contributed by atoms with Crippen LogP contribution in [0.4, 0.5) is 13.2 Å². The summed E-state index contributed by atoms with van der Waals surface area (Å²) in [5.74, 6) is -0.524. The van der Waals surface area contributed by atoms with E-state index in [0.717, 1.165) is 24.2 Å².